The van der Waals surface area contributed by atoms with Gasteiger partial charge in [0.1, 0.15) is 18.6 Å². The Balaban J connectivity index is 1.47. The number of benzene rings is 2. The molecule has 1 aliphatic heterocycles. The Morgan fingerprint density at radius 1 is 1.00 bits per heavy atom. The van der Waals surface area contributed by atoms with Crippen molar-refractivity contribution in [2.24, 2.45) is 11.8 Å². The highest BCUT2D eigenvalue weighted by atomic mass is 16.6. The van der Waals surface area contributed by atoms with E-state index < -0.39 is 77.9 Å². The molecule has 47 heavy (non-hydrogen) atoms. The highest BCUT2D eigenvalue weighted by molar-refractivity contribution is 5.98. The van der Waals surface area contributed by atoms with Gasteiger partial charge in [-0.25, -0.2) is 14.6 Å². The number of amides is 1. The zero-order chi connectivity index (χ0) is 34.1. The predicted octanol–water partition coefficient (Wildman–Crippen LogP) is 3.48. The number of carbonyl (C=O) groups excluding carboxylic acids is 5. The van der Waals surface area contributed by atoms with Crippen molar-refractivity contribution < 1.29 is 52.8 Å². The average molecular weight is 649 g/mol. The van der Waals surface area contributed by atoms with Crippen LogP contribution in [0.15, 0.2) is 66.9 Å². The van der Waals surface area contributed by atoms with Crippen LogP contribution in [0.4, 0.5) is 0 Å². The summed E-state index contributed by atoms with van der Waals surface area (Å²) < 4.78 is 27.0. The summed E-state index contributed by atoms with van der Waals surface area (Å²) >= 11 is 0. The first-order valence-electron chi connectivity index (χ1n) is 14.9. The molecule has 2 heterocycles. The van der Waals surface area contributed by atoms with Crippen LogP contribution in [0, 0.1) is 11.8 Å². The largest absolute Gasteiger partial charge is 0.503 e. The number of hydrogen-bond acceptors (Lipinski definition) is 12. The molecule has 1 aromatic heterocycles. The summed E-state index contributed by atoms with van der Waals surface area (Å²) in [5.74, 6) is -6.47. The molecular formula is C34H36N2O11. The van der Waals surface area contributed by atoms with Crippen molar-refractivity contribution in [3.63, 3.8) is 0 Å². The number of nitrogens with one attached hydrogen (secondary N) is 1. The van der Waals surface area contributed by atoms with Gasteiger partial charge in [0.05, 0.1) is 25.2 Å². The van der Waals surface area contributed by atoms with E-state index >= 15 is 0 Å². The number of ether oxygens (including phenoxy) is 5. The minimum atomic E-state index is -1.50. The van der Waals surface area contributed by atoms with E-state index in [9.17, 15) is 29.1 Å². The fourth-order valence-corrected chi connectivity index (χ4v) is 4.75. The van der Waals surface area contributed by atoms with Crippen LogP contribution >= 0.6 is 0 Å². The molecule has 248 valence electrons. The van der Waals surface area contributed by atoms with Crippen LogP contribution in [0.5, 0.6) is 11.5 Å². The Morgan fingerprint density at radius 2 is 1.68 bits per heavy atom. The lowest BCUT2D eigenvalue weighted by atomic mass is 9.94. The highest BCUT2D eigenvalue weighted by Gasteiger charge is 2.42. The molecule has 1 fully saturated rings. The summed E-state index contributed by atoms with van der Waals surface area (Å²) in [5, 5.41) is 12.6. The molecule has 4 rings (SSSR count). The van der Waals surface area contributed by atoms with E-state index in [0.717, 1.165) is 11.1 Å². The fraction of sp³-hybridized carbons (Fsp3) is 0.353. The number of nitrogens with zero attached hydrogens (tertiary/aromatic N) is 1. The molecule has 0 radical (unpaired) electrons. The molecule has 1 aliphatic rings. The van der Waals surface area contributed by atoms with Crippen molar-refractivity contribution in [2.45, 2.75) is 45.4 Å². The molecule has 3 aromatic rings. The molecule has 4 atom stereocenters. The Kier molecular flexibility index (Phi) is 11.5. The van der Waals surface area contributed by atoms with E-state index in [1.807, 2.05) is 30.3 Å². The van der Waals surface area contributed by atoms with Gasteiger partial charge < -0.3 is 34.1 Å². The van der Waals surface area contributed by atoms with Gasteiger partial charge in [0.25, 0.3) is 5.91 Å². The lowest BCUT2D eigenvalue weighted by Gasteiger charge is -2.29. The summed E-state index contributed by atoms with van der Waals surface area (Å²) in [5.41, 5.74) is 1.76. The van der Waals surface area contributed by atoms with Crippen molar-refractivity contribution in [1.82, 2.24) is 10.3 Å². The molecule has 0 saturated carbocycles. The minimum absolute atomic E-state index is 0.0233. The molecule has 0 bridgehead atoms. The van der Waals surface area contributed by atoms with Gasteiger partial charge in [-0.2, -0.15) is 0 Å². The van der Waals surface area contributed by atoms with Crippen molar-refractivity contribution >= 4 is 29.8 Å². The first-order chi connectivity index (χ1) is 22.5. The lowest BCUT2D eigenvalue weighted by molar-refractivity contribution is -0.177. The van der Waals surface area contributed by atoms with E-state index in [4.69, 9.17) is 23.7 Å². The van der Waals surface area contributed by atoms with Crippen molar-refractivity contribution in [3.05, 3.63) is 78.1 Å². The number of cyclic esters (lactones) is 2. The molecule has 2 N–H and O–H groups in total. The number of pyridine rings is 1. The minimum Gasteiger partial charge on any atom is -0.503 e. The summed E-state index contributed by atoms with van der Waals surface area (Å²) in [4.78, 5) is 68.7. The fourth-order valence-electron chi connectivity index (χ4n) is 4.75. The van der Waals surface area contributed by atoms with Crippen LogP contribution in [0.1, 0.15) is 48.0 Å². The quantitative estimate of drug-likeness (QED) is 0.242. The van der Waals surface area contributed by atoms with Crippen LogP contribution in [-0.2, 0) is 33.3 Å². The topological polar surface area (TPSA) is 177 Å². The van der Waals surface area contributed by atoms with Gasteiger partial charge in [0.2, 0.25) is 0 Å². The third-order valence-corrected chi connectivity index (χ3v) is 7.38. The maximum Gasteiger partial charge on any atom is 0.338 e. The average Bonchev–Trinajstić information content (AvgIpc) is 3.10. The summed E-state index contributed by atoms with van der Waals surface area (Å²) in [6.07, 6.45) is -1.39. The van der Waals surface area contributed by atoms with Gasteiger partial charge in [0.15, 0.2) is 29.3 Å². The maximum absolute atomic E-state index is 13.4. The van der Waals surface area contributed by atoms with Gasteiger partial charge in [0, 0.05) is 12.3 Å². The molecule has 1 saturated heterocycles. The second kappa shape index (κ2) is 15.7. The summed E-state index contributed by atoms with van der Waals surface area (Å²) in [7, 11) is 1.29. The molecule has 2 aromatic carbocycles. The zero-order valence-electron chi connectivity index (χ0n) is 26.3. The number of aromatic hydroxyl groups is 1. The first kappa shape index (κ1) is 34.4. The number of aromatic nitrogens is 1. The van der Waals surface area contributed by atoms with Gasteiger partial charge in [-0.05, 0) is 36.6 Å². The monoisotopic (exact) mass is 648 g/mol. The third kappa shape index (κ3) is 8.63. The number of carbonyl (C=O) groups is 5. The van der Waals surface area contributed by atoms with Gasteiger partial charge in [-0.3, -0.25) is 14.4 Å². The van der Waals surface area contributed by atoms with Gasteiger partial charge in [-0.1, -0.05) is 56.3 Å². The van der Waals surface area contributed by atoms with Gasteiger partial charge >= 0.3 is 23.9 Å². The number of rotatable bonds is 10. The molecule has 13 heteroatoms. The van der Waals surface area contributed by atoms with Gasteiger partial charge in [-0.15, -0.1) is 0 Å². The Morgan fingerprint density at radius 3 is 2.34 bits per heavy atom. The highest BCUT2D eigenvalue weighted by Crippen LogP contribution is 2.28. The van der Waals surface area contributed by atoms with Crippen LogP contribution in [0.3, 0.4) is 0 Å². The number of methoxy groups -OCH3 is 1. The Hall–Kier alpha value is -5.46. The summed E-state index contributed by atoms with van der Waals surface area (Å²) in [6.45, 7) is 3.72. The first-order valence-corrected chi connectivity index (χ1v) is 14.9. The normalized spacial score (nSPS) is 19.7. The summed E-state index contributed by atoms with van der Waals surface area (Å²) in [6, 6.07) is 16.3. The van der Waals surface area contributed by atoms with E-state index in [1.54, 1.807) is 38.1 Å². The predicted molar refractivity (Wildman–Crippen MR) is 165 cm³/mol. The Bertz CT molecular complexity index is 1590. The molecule has 0 spiro atoms. The number of hydrogen-bond donors (Lipinski definition) is 2. The lowest BCUT2D eigenvalue weighted by Crippen LogP contribution is -2.46. The Labute approximate surface area is 271 Å². The molecule has 0 aliphatic carbocycles. The standard InChI is InChI=1S/C34H36N2O11/c1-19(2)31(39)47-29-20(3)46-34(42)25(36-30(38)27-28(37)26(43-4)14-16-35-27)18-45-33(41)24(29)15-17-44-32(40)23-12-10-22(11-13-23)21-8-6-5-7-9-21/h5-14,16,19-20,24-25,29,37H,15,17-18H2,1-4H3,(H,36,38). The van der Waals surface area contributed by atoms with Crippen LogP contribution in [0.2, 0.25) is 0 Å². The van der Waals surface area contributed by atoms with Crippen LogP contribution in [-0.4, -0.2) is 78.4 Å². The molecule has 4 unspecified atom stereocenters. The smallest absolute Gasteiger partial charge is 0.338 e. The molecule has 1 amide bonds. The van der Waals surface area contributed by atoms with Crippen molar-refractivity contribution in [1.29, 1.82) is 0 Å². The molecular weight excluding hydrogens is 612 g/mol. The zero-order valence-corrected chi connectivity index (χ0v) is 26.3. The van der Waals surface area contributed by atoms with Crippen LogP contribution < -0.4 is 10.1 Å². The van der Waals surface area contributed by atoms with Crippen molar-refractivity contribution in [2.75, 3.05) is 20.3 Å². The van der Waals surface area contributed by atoms with Crippen LogP contribution in [0.25, 0.3) is 11.1 Å². The van der Waals surface area contributed by atoms with Crippen molar-refractivity contribution in [3.8, 4) is 22.6 Å². The number of esters is 4. The second-order valence-electron chi connectivity index (χ2n) is 11.0. The van der Waals surface area contributed by atoms with E-state index in [0.29, 0.717) is 5.56 Å². The van der Waals surface area contributed by atoms with E-state index in [1.165, 1.54) is 26.3 Å². The third-order valence-electron chi connectivity index (χ3n) is 7.38. The second-order valence-corrected chi connectivity index (χ2v) is 11.0. The van der Waals surface area contributed by atoms with E-state index in [-0.39, 0.29) is 18.8 Å². The maximum atomic E-state index is 13.4. The molecule has 13 nitrogen and oxygen atoms in total. The van der Waals surface area contributed by atoms with E-state index in [2.05, 4.69) is 10.3 Å². The SMILES string of the molecule is COc1ccnc(C(=O)NC2COC(=O)C(CCOC(=O)c3ccc(-c4ccccc4)cc3)C(OC(=O)C(C)C)C(C)OC2=O)c1O.